The van der Waals surface area contributed by atoms with Crippen LogP contribution in [-0.4, -0.2) is 18.0 Å². The Balaban J connectivity index is 4.14. The summed E-state index contributed by atoms with van der Waals surface area (Å²) in [5, 5.41) is 8.60. The Morgan fingerprint density at radius 2 is 2.00 bits per heavy atom. The van der Waals surface area contributed by atoms with Crippen molar-refractivity contribution in [3.63, 3.8) is 0 Å². The highest BCUT2D eigenvalue weighted by Crippen LogP contribution is 2.00. The van der Waals surface area contributed by atoms with E-state index in [4.69, 9.17) is 5.26 Å². The van der Waals surface area contributed by atoms with E-state index in [2.05, 4.69) is 6.07 Å². The maximum Gasteiger partial charge on any atom is 0.117 e. The summed E-state index contributed by atoms with van der Waals surface area (Å²) in [6, 6.07) is 2.14. The zero-order valence-corrected chi connectivity index (χ0v) is 6.89. The van der Waals surface area contributed by atoms with Crippen LogP contribution in [0, 0.1) is 11.3 Å². The molecule has 2 heteroatoms. The Hall–Kier alpha value is -0.970. The molecule has 0 rings (SSSR count). The van der Waals surface area contributed by atoms with Crippen LogP contribution in [0.25, 0.3) is 0 Å². The van der Waals surface area contributed by atoms with E-state index in [1.54, 1.807) is 0 Å². The van der Waals surface area contributed by atoms with Crippen molar-refractivity contribution in [2.24, 2.45) is 0 Å². The molecule has 0 saturated heterocycles. The van der Waals surface area contributed by atoms with Gasteiger partial charge < -0.3 is 4.90 Å². The van der Waals surface area contributed by atoms with Gasteiger partial charge in [0.2, 0.25) is 0 Å². The molecule has 0 aromatic carbocycles. The summed E-state index contributed by atoms with van der Waals surface area (Å²) in [5.41, 5.74) is 0.769. The Morgan fingerprint density at radius 3 is 2.10 bits per heavy atom. The lowest BCUT2D eigenvalue weighted by molar-refractivity contribution is 0.396. The van der Waals surface area contributed by atoms with E-state index >= 15 is 0 Å². The van der Waals surface area contributed by atoms with Crippen LogP contribution in [0.15, 0.2) is 11.8 Å². The second-order valence-corrected chi connectivity index (χ2v) is 1.96. The largest absolute Gasteiger partial charge is 0.364 e. The first-order valence-electron chi connectivity index (χ1n) is 3.61. The third-order valence-electron chi connectivity index (χ3n) is 1.49. The Kier molecular flexibility index (Phi) is 4.39. The van der Waals surface area contributed by atoms with Gasteiger partial charge >= 0.3 is 0 Å². The predicted molar refractivity (Wildman–Crippen MR) is 42.3 cm³/mol. The van der Waals surface area contributed by atoms with Crippen LogP contribution in [0.3, 0.4) is 0 Å². The van der Waals surface area contributed by atoms with E-state index in [1.165, 1.54) is 0 Å². The number of nitriles is 1. The predicted octanol–water partition coefficient (Wildman–Crippen LogP) is 1.76. The van der Waals surface area contributed by atoms with Crippen LogP contribution in [0.1, 0.15) is 20.8 Å². The number of rotatable bonds is 3. The Morgan fingerprint density at radius 1 is 1.50 bits per heavy atom. The Bertz CT molecular complexity index is 149. The average Bonchev–Trinajstić information content (AvgIpc) is 2.00. The van der Waals surface area contributed by atoms with Gasteiger partial charge in [0, 0.05) is 13.1 Å². The third kappa shape index (κ3) is 2.10. The van der Waals surface area contributed by atoms with Crippen molar-refractivity contribution in [3.05, 3.63) is 11.8 Å². The van der Waals surface area contributed by atoms with Crippen molar-refractivity contribution in [1.82, 2.24) is 4.90 Å². The van der Waals surface area contributed by atoms with Crippen molar-refractivity contribution in [3.8, 4) is 6.07 Å². The summed E-state index contributed by atoms with van der Waals surface area (Å²) < 4.78 is 0. The SMILES string of the molecule is CC=C(C#N)N(CC)CC. The standard InChI is InChI=1S/C8H14N2/c1-4-8(7-9)10(5-2)6-3/h4H,5-6H2,1-3H3. The number of allylic oxidation sites excluding steroid dienone is 2. The van der Waals surface area contributed by atoms with Crippen molar-refractivity contribution in [1.29, 1.82) is 5.26 Å². The van der Waals surface area contributed by atoms with Crippen LogP contribution >= 0.6 is 0 Å². The molecule has 0 aliphatic rings. The summed E-state index contributed by atoms with van der Waals surface area (Å²) >= 11 is 0. The van der Waals surface area contributed by atoms with E-state index in [0.29, 0.717) is 0 Å². The van der Waals surface area contributed by atoms with Crippen molar-refractivity contribution in [2.75, 3.05) is 13.1 Å². The molecular weight excluding hydrogens is 124 g/mol. The lowest BCUT2D eigenvalue weighted by atomic mass is 10.3. The number of hydrogen-bond acceptors (Lipinski definition) is 2. The van der Waals surface area contributed by atoms with E-state index in [1.807, 2.05) is 31.7 Å². The fourth-order valence-corrected chi connectivity index (χ4v) is 0.882. The summed E-state index contributed by atoms with van der Waals surface area (Å²) in [6.45, 7) is 7.79. The minimum atomic E-state index is 0.769. The highest BCUT2D eigenvalue weighted by Gasteiger charge is 2.00. The van der Waals surface area contributed by atoms with E-state index < -0.39 is 0 Å². The molecular formula is C8H14N2. The molecule has 2 nitrogen and oxygen atoms in total. The zero-order chi connectivity index (χ0) is 7.98. The molecule has 0 aromatic rings. The first-order valence-corrected chi connectivity index (χ1v) is 3.61. The average molecular weight is 138 g/mol. The topological polar surface area (TPSA) is 27.0 Å². The lowest BCUT2D eigenvalue weighted by Crippen LogP contribution is -2.20. The highest BCUT2D eigenvalue weighted by molar-refractivity contribution is 5.17. The number of hydrogen-bond donors (Lipinski definition) is 0. The minimum Gasteiger partial charge on any atom is -0.364 e. The molecule has 0 N–H and O–H groups in total. The maximum absolute atomic E-state index is 8.60. The van der Waals surface area contributed by atoms with Crippen molar-refractivity contribution < 1.29 is 0 Å². The molecule has 0 amide bonds. The molecule has 0 bridgehead atoms. The van der Waals surface area contributed by atoms with Gasteiger partial charge in [-0.3, -0.25) is 0 Å². The second kappa shape index (κ2) is 4.87. The van der Waals surface area contributed by atoms with E-state index in [-0.39, 0.29) is 0 Å². The minimum absolute atomic E-state index is 0.769. The van der Waals surface area contributed by atoms with Gasteiger partial charge in [-0.25, -0.2) is 0 Å². The van der Waals surface area contributed by atoms with Crippen LogP contribution in [0.5, 0.6) is 0 Å². The van der Waals surface area contributed by atoms with Gasteiger partial charge in [-0.05, 0) is 20.8 Å². The Labute approximate surface area is 62.8 Å². The normalized spacial score (nSPS) is 10.8. The molecule has 0 fully saturated rings. The van der Waals surface area contributed by atoms with Gasteiger partial charge in [0.25, 0.3) is 0 Å². The smallest absolute Gasteiger partial charge is 0.117 e. The zero-order valence-electron chi connectivity index (χ0n) is 6.89. The summed E-state index contributed by atoms with van der Waals surface area (Å²) in [6.07, 6.45) is 1.84. The first-order chi connectivity index (χ1) is 4.79. The second-order valence-electron chi connectivity index (χ2n) is 1.96. The van der Waals surface area contributed by atoms with E-state index in [0.717, 1.165) is 18.8 Å². The molecule has 0 radical (unpaired) electrons. The molecule has 0 unspecified atom stereocenters. The van der Waals surface area contributed by atoms with Gasteiger partial charge in [0.05, 0.1) is 0 Å². The van der Waals surface area contributed by atoms with Crippen molar-refractivity contribution in [2.45, 2.75) is 20.8 Å². The summed E-state index contributed by atoms with van der Waals surface area (Å²) in [4.78, 5) is 2.03. The summed E-state index contributed by atoms with van der Waals surface area (Å²) in [7, 11) is 0. The fraction of sp³-hybridized carbons (Fsp3) is 0.625. The molecule has 0 heterocycles. The highest BCUT2D eigenvalue weighted by atomic mass is 15.1. The van der Waals surface area contributed by atoms with Gasteiger partial charge in [0.1, 0.15) is 11.8 Å². The molecule has 0 aromatic heterocycles. The molecule has 0 saturated carbocycles. The van der Waals surface area contributed by atoms with Crippen LogP contribution in [0.2, 0.25) is 0 Å². The lowest BCUT2D eigenvalue weighted by Gasteiger charge is -2.18. The van der Waals surface area contributed by atoms with Crippen LogP contribution in [-0.2, 0) is 0 Å². The van der Waals surface area contributed by atoms with Crippen LogP contribution < -0.4 is 0 Å². The monoisotopic (exact) mass is 138 g/mol. The quantitative estimate of drug-likeness (QED) is 0.555. The van der Waals surface area contributed by atoms with Gasteiger partial charge in [-0.1, -0.05) is 6.08 Å². The molecule has 0 atom stereocenters. The molecule has 56 valence electrons. The summed E-state index contributed by atoms with van der Waals surface area (Å²) in [5.74, 6) is 0. The molecule has 0 aliphatic carbocycles. The molecule has 0 aliphatic heterocycles. The van der Waals surface area contributed by atoms with Gasteiger partial charge in [-0.15, -0.1) is 0 Å². The third-order valence-corrected chi connectivity index (χ3v) is 1.49. The molecule has 10 heavy (non-hydrogen) atoms. The van der Waals surface area contributed by atoms with E-state index in [9.17, 15) is 0 Å². The fourth-order valence-electron chi connectivity index (χ4n) is 0.882. The molecule has 0 spiro atoms. The van der Waals surface area contributed by atoms with Gasteiger partial charge in [0.15, 0.2) is 0 Å². The maximum atomic E-state index is 8.60. The number of nitrogens with zero attached hydrogens (tertiary/aromatic N) is 2. The first kappa shape index (κ1) is 9.03. The van der Waals surface area contributed by atoms with Crippen LogP contribution in [0.4, 0.5) is 0 Å². The van der Waals surface area contributed by atoms with Crippen molar-refractivity contribution >= 4 is 0 Å². The van der Waals surface area contributed by atoms with Gasteiger partial charge in [-0.2, -0.15) is 5.26 Å².